The molecule has 6 heteroatoms. The molecule has 3 aliphatic carbocycles. The van der Waals surface area contributed by atoms with Gasteiger partial charge in [0, 0.05) is 29.1 Å². The van der Waals surface area contributed by atoms with Crippen LogP contribution in [-0.2, 0) is 14.3 Å². The molecule has 0 spiro atoms. The maximum absolute atomic E-state index is 13.2. The van der Waals surface area contributed by atoms with Crippen LogP contribution < -0.4 is 0 Å². The number of fused-ring (bicyclic) bond motifs is 6. The van der Waals surface area contributed by atoms with Crippen LogP contribution in [0.15, 0.2) is 11.6 Å². The van der Waals surface area contributed by atoms with Gasteiger partial charge in [0.2, 0.25) is 0 Å². The van der Waals surface area contributed by atoms with Gasteiger partial charge in [-0.25, -0.2) is 0 Å². The van der Waals surface area contributed by atoms with Crippen molar-refractivity contribution >= 4 is 11.8 Å². The van der Waals surface area contributed by atoms with Crippen molar-refractivity contribution in [1.82, 2.24) is 0 Å². The molecule has 0 unspecified atom stereocenters. The Hall–Kier alpha value is -1.24. The first-order chi connectivity index (χ1) is 11.6. The van der Waals surface area contributed by atoms with Crippen molar-refractivity contribution in [3.8, 4) is 0 Å². The van der Waals surface area contributed by atoms with E-state index in [1.807, 2.05) is 20.8 Å². The number of Topliss-reactive ketones (excluding diaryl/α,β-unsaturated/α-hetero) is 1. The zero-order valence-electron chi connectivity index (χ0n) is 15.0. The van der Waals surface area contributed by atoms with Gasteiger partial charge in [-0.15, -0.1) is 0 Å². The summed E-state index contributed by atoms with van der Waals surface area (Å²) in [5, 5.41) is 32.3. The van der Waals surface area contributed by atoms with Gasteiger partial charge in [-0.3, -0.25) is 9.59 Å². The lowest BCUT2D eigenvalue weighted by Crippen LogP contribution is -2.70. The number of rotatable bonds is 0. The predicted molar refractivity (Wildman–Crippen MR) is 87.1 cm³/mol. The van der Waals surface area contributed by atoms with Gasteiger partial charge in [0.25, 0.3) is 0 Å². The van der Waals surface area contributed by atoms with E-state index in [4.69, 9.17) is 4.74 Å². The first kappa shape index (κ1) is 17.2. The SMILES string of the molecule is CC1=C[C@H](O)[C@@H](O)[C@@]2(C)[C@@H]1CC(=O)[C@@]1(C)[C@H]3C(=O)O[C@H]([C@@H]3C)[C@H](O)[C@@H]12. The zero-order chi connectivity index (χ0) is 18.5. The fraction of sp³-hybridized carbons (Fsp3) is 0.789. The van der Waals surface area contributed by atoms with E-state index in [2.05, 4.69) is 0 Å². The Morgan fingerprint density at radius 1 is 1.20 bits per heavy atom. The number of aliphatic hydroxyl groups is 3. The molecule has 10 atom stereocenters. The van der Waals surface area contributed by atoms with E-state index in [0.717, 1.165) is 5.57 Å². The Balaban J connectivity index is 1.94. The lowest BCUT2D eigenvalue weighted by atomic mass is 9.40. The number of hydrogen-bond acceptors (Lipinski definition) is 6. The van der Waals surface area contributed by atoms with Gasteiger partial charge in [0.05, 0.1) is 24.2 Å². The fourth-order valence-corrected chi connectivity index (χ4v) is 6.72. The normalized spacial score (nSPS) is 57.5. The third-order valence-corrected chi connectivity index (χ3v) is 7.88. The molecule has 1 aliphatic heterocycles. The van der Waals surface area contributed by atoms with Crippen LogP contribution >= 0.6 is 0 Å². The monoisotopic (exact) mass is 350 g/mol. The Morgan fingerprint density at radius 2 is 1.84 bits per heavy atom. The van der Waals surface area contributed by atoms with E-state index in [9.17, 15) is 24.9 Å². The summed E-state index contributed by atoms with van der Waals surface area (Å²) in [6.45, 7) is 7.26. The molecule has 0 amide bonds. The molecule has 0 aromatic carbocycles. The molecule has 1 heterocycles. The lowest BCUT2D eigenvalue weighted by molar-refractivity contribution is -0.219. The molecule has 6 nitrogen and oxygen atoms in total. The number of aliphatic hydroxyl groups excluding tert-OH is 3. The predicted octanol–water partition coefficient (Wildman–Crippen LogP) is 0.438. The van der Waals surface area contributed by atoms with Crippen molar-refractivity contribution in [3.63, 3.8) is 0 Å². The van der Waals surface area contributed by atoms with Gasteiger partial charge in [-0.2, -0.15) is 0 Å². The van der Waals surface area contributed by atoms with Gasteiger partial charge < -0.3 is 20.1 Å². The van der Waals surface area contributed by atoms with Crippen molar-refractivity contribution in [1.29, 1.82) is 0 Å². The average Bonchev–Trinajstić information content (AvgIpc) is 2.78. The second-order valence-electron chi connectivity index (χ2n) is 8.88. The molecule has 138 valence electrons. The molecule has 0 aromatic heterocycles. The zero-order valence-corrected chi connectivity index (χ0v) is 15.0. The van der Waals surface area contributed by atoms with Crippen LogP contribution in [0.1, 0.15) is 34.1 Å². The third-order valence-electron chi connectivity index (χ3n) is 7.88. The first-order valence-corrected chi connectivity index (χ1v) is 9.02. The minimum atomic E-state index is -1.11. The summed E-state index contributed by atoms with van der Waals surface area (Å²) >= 11 is 0. The van der Waals surface area contributed by atoms with Crippen LogP contribution in [0.4, 0.5) is 0 Å². The number of esters is 1. The highest BCUT2D eigenvalue weighted by Crippen LogP contribution is 2.66. The highest BCUT2D eigenvalue weighted by atomic mass is 16.6. The smallest absolute Gasteiger partial charge is 0.310 e. The highest BCUT2D eigenvalue weighted by Gasteiger charge is 2.74. The molecule has 4 aliphatic rings. The minimum Gasteiger partial charge on any atom is -0.459 e. The van der Waals surface area contributed by atoms with Gasteiger partial charge in [-0.1, -0.05) is 32.4 Å². The minimum absolute atomic E-state index is 0.0653. The molecule has 2 saturated carbocycles. The standard InChI is InChI=1S/C19H26O6/c1-7-5-10(20)16(23)18(3)9(7)6-11(21)19(4)12-8(2)14(25-17(12)24)13(22)15(18)19/h5,8-10,12-16,20,22-23H,6H2,1-4H3/t8-,9-,10+,12-,13+,14-,15-,16-,18+,19+/m1/s1. The Bertz CT molecular complexity index is 685. The Kier molecular flexibility index (Phi) is 3.39. The van der Waals surface area contributed by atoms with Crippen molar-refractivity contribution in [3.05, 3.63) is 11.6 Å². The second-order valence-corrected chi connectivity index (χ2v) is 8.88. The highest BCUT2D eigenvalue weighted by molar-refractivity contribution is 5.93. The fourth-order valence-electron chi connectivity index (χ4n) is 6.72. The van der Waals surface area contributed by atoms with Crippen LogP contribution in [-0.4, -0.2) is 51.5 Å². The summed E-state index contributed by atoms with van der Waals surface area (Å²) in [4.78, 5) is 25.7. The average molecular weight is 350 g/mol. The number of carbonyl (C=O) groups is 2. The molecular formula is C19H26O6. The molecular weight excluding hydrogens is 324 g/mol. The summed E-state index contributed by atoms with van der Waals surface area (Å²) in [6.07, 6.45) is -2.10. The molecule has 1 saturated heterocycles. The van der Waals surface area contributed by atoms with E-state index in [1.54, 1.807) is 13.0 Å². The van der Waals surface area contributed by atoms with E-state index in [1.165, 1.54) is 0 Å². The first-order valence-electron chi connectivity index (χ1n) is 9.02. The summed E-state index contributed by atoms with van der Waals surface area (Å²) < 4.78 is 5.43. The second kappa shape index (κ2) is 4.93. The van der Waals surface area contributed by atoms with E-state index in [0.29, 0.717) is 0 Å². The molecule has 2 bridgehead atoms. The number of allylic oxidation sites excluding steroid dienone is 1. The number of ketones is 1. The third kappa shape index (κ3) is 1.76. The molecule has 4 rings (SSSR count). The van der Waals surface area contributed by atoms with E-state index in [-0.39, 0.29) is 24.0 Å². The quantitative estimate of drug-likeness (QED) is 0.433. The van der Waals surface area contributed by atoms with Gasteiger partial charge in [0.1, 0.15) is 11.9 Å². The topological polar surface area (TPSA) is 104 Å². The Labute approximate surface area is 146 Å². The van der Waals surface area contributed by atoms with E-state index < -0.39 is 53.1 Å². The number of ether oxygens (including phenoxy) is 1. The molecule has 25 heavy (non-hydrogen) atoms. The van der Waals surface area contributed by atoms with E-state index >= 15 is 0 Å². The number of hydrogen-bond donors (Lipinski definition) is 3. The van der Waals surface area contributed by atoms with Crippen LogP contribution in [0.5, 0.6) is 0 Å². The maximum Gasteiger partial charge on any atom is 0.310 e. The van der Waals surface area contributed by atoms with Crippen molar-refractivity contribution in [2.75, 3.05) is 0 Å². The van der Waals surface area contributed by atoms with Crippen molar-refractivity contribution in [2.45, 2.75) is 58.5 Å². The van der Waals surface area contributed by atoms with Crippen molar-refractivity contribution in [2.24, 2.45) is 34.5 Å². The van der Waals surface area contributed by atoms with Crippen LogP contribution in [0.2, 0.25) is 0 Å². The summed E-state index contributed by atoms with van der Waals surface area (Å²) in [7, 11) is 0. The lowest BCUT2D eigenvalue weighted by Gasteiger charge is -2.63. The van der Waals surface area contributed by atoms with Crippen LogP contribution in [0.25, 0.3) is 0 Å². The Morgan fingerprint density at radius 3 is 2.48 bits per heavy atom. The summed E-state index contributed by atoms with van der Waals surface area (Å²) in [6, 6.07) is 0. The molecule has 3 N–H and O–H groups in total. The molecule has 3 fully saturated rings. The van der Waals surface area contributed by atoms with Crippen LogP contribution in [0.3, 0.4) is 0 Å². The van der Waals surface area contributed by atoms with Crippen molar-refractivity contribution < 1.29 is 29.6 Å². The van der Waals surface area contributed by atoms with Gasteiger partial charge >= 0.3 is 5.97 Å². The summed E-state index contributed by atoms with van der Waals surface area (Å²) in [5.41, 5.74) is -1.17. The molecule has 0 radical (unpaired) electrons. The van der Waals surface area contributed by atoms with Gasteiger partial charge in [0.15, 0.2) is 0 Å². The number of carbonyl (C=O) groups excluding carboxylic acids is 2. The molecule has 0 aromatic rings. The van der Waals surface area contributed by atoms with Gasteiger partial charge in [-0.05, 0) is 12.8 Å². The maximum atomic E-state index is 13.2. The van der Waals surface area contributed by atoms with Crippen LogP contribution in [0, 0.1) is 34.5 Å². The summed E-state index contributed by atoms with van der Waals surface area (Å²) in [5.74, 6) is -2.30. The largest absolute Gasteiger partial charge is 0.459 e.